The third kappa shape index (κ3) is 2.99. The van der Waals surface area contributed by atoms with E-state index >= 15 is 0 Å². The summed E-state index contributed by atoms with van der Waals surface area (Å²) in [5.41, 5.74) is 1.98. The Morgan fingerprint density at radius 2 is 2.16 bits per heavy atom. The molecule has 0 fully saturated rings. The monoisotopic (exact) mass is 339 g/mol. The highest BCUT2D eigenvalue weighted by molar-refractivity contribution is 9.11. The van der Waals surface area contributed by atoms with Gasteiger partial charge in [-0.25, -0.2) is 4.39 Å². The van der Waals surface area contributed by atoms with Gasteiger partial charge in [0.25, 0.3) is 0 Å². The first-order chi connectivity index (χ1) is 9.02. The predicted molar refractivity (Wildman–Crippen MR) is 82.2 cm³/mol. The molecule has 0 N–H and O–H groups in total. The van der Waals surface area contributed by atoms with E-state index in [0.717, 1.165) is 15.9 Å². The SMILES string of the molecule is C=C1C=CC(Br)=CN1/C(=C\C)c1ccc(Cl)cc1F. The Kier molecular flexibility index (Phi) is 4.27. The van der Waals surface area contributed by atoms with Crippen molar-refractivity contribution in [2.45, 2.75) is 6.92 Å². The molecule has 0 unspecified atom stereocenters. The summed E-state index contributed by atoms with van der Waals surface area (Å²) in [6, 6.07) is 4.65. The molecule has 0 aliphatic carbocycles. The van der Waals surface area contributed by atoms with Crippen molar-refractivity contribution in [2.75, 3.05) is 0 Å². The molecular weight excluding hydrogens is 329 g/mol. The van der Waals surface area contributed by atoms with Gasteiger partial charge in [-0.1, -0.05) is 24.3 Å². The maximum absolute atomic E-state index is 14.0. The second-order valence-electron chi connectivity index (χ2n) is 4.01. The molecule has 0 saturated carbocycles. The fourth-order valence-electron chi connectivity index (χ4n) is 1.85. The third-order valence-electron chi connectivity index (χ3n) is 2.74. The predicted octanol–water partition coefficient (Wildman–Crippen LogP) is 5.46. The molecular formula is C15H12BrClFN. The summed E-state index contributed by atoms with van der Waals surface area (Å²) in [6.45, 7) is 5.81. The normalized spacial score (nSPS) is 15.8. The molecule has 0 bridgehead atoms. The van der Waals surface area contributed by atoms with Gasteiger partial charge in [-0.2, -0.15) is 0 Å². The van der Waals surface area contributed by atoms with Crippen molar-refractivity contribution in [3.05, 3.63) is 75.8 Å². The van der Waals surface area contributed by atoms with Crippen molar-refractivity contribution in [1.29, 1.82) is 0 Å². The first kappa shape index (κ1) is 14.1. The molecule has 2 rings (SSSR count). The number of allylic oxidation sites excluding steroid dienone is 4. The third-order valence-corrected chi connectivity index (χ3v) is 3.44. The van der Waals surface area contributed by atoms with Gasteiger partial charge in [0.15, 0.2) is 0 Å². The van der Waals surface area contributed by atoms with Gasteiger partial charge < -0.3 is 4.90 Å². The van der Waals surface area contributed by atoms with E-state index in [4.69, 9.17) is 11.6 Å². The molecule has 1 aliphatic rings. The summed E-state index contributed by atoms with van der Waals surface area (Å²) in [7, 11) is 0. The molecule has 1 heterocycles. The summed E-state index contributed by atoms with van der Waals surface area (Å²) in [4.78, 5) is 1.83. The van der Waals surface area contributed by atoms with E-state index in [-0.39, 0.29) is 5.82 Å². The van der Waals surface area contributed by atoms with Gasteiger partial charge >= 0.3 is 0 Å². The van der Waals surface area contributed by atoms with Crippen LogP contribution < -0.4 is 0 Å². The van der Waals surface area contributed by atoms with Gasteiger partial charge in [-0.3, -0.25) is 0 Å². The van der Waals surface area contributed by atoms with Crippen molar-refractivity contribution in [2.24, 2.45) is 0 Å². The van der Waals surface area contributed by atoms with E-state index in [1.54, 1.807) is 12.1 Å². The maximum atomic E-state index is 14.0. The zero-order valence-electron chi connectivity index (χ0n) is 10.3. The van der Waals surface area contributed by atoms with Gasteiger partial charge in [0.05, 0.1) is 5.70 Å². The number of rotatable bonds is 2. The summed E-state index contributed by atoms with van der Waals surface area (Å²) in [5, 5.41) is 0.380. The second-order valence-corrected chi connectivity index (χ2v) is 5.36. The Labute approximate surface area is 125 Å². The first-order valence-corrected chi connectivity index (χ1v) is 6.85. The minimum atomic E-state index is -0.354. The van der Waals surface area contributed by atoms with E-state index in [2.05, 4.69) is 22.5 Å². The van der Waals surface area contributed by atoms with Crippen LogP contribution in [0.25, 0.3) is 5.70 Å². The molecule has 0 radical (unpaired) electrons. The quantitative estimate of drug-likeness (QED) is 0.691. The number of hydrogen-bond donors (Lipinski definition) is 0. The highest BCUT2D eigenvalue weighted by atomic mass is 79.9. The van der Waals surface area contributed by atoms with Crippen LogP contribution in [-0.4, -0.2) is 4.90 Å². The smallest absolute Gasteiger partial charge is 0.134 e. The van der Waals surface area contributed by atoms with Gasteiger partial charge in [-0.05, 0) is 53.2 Å². The molecule has 0 saturated heterocycles. The molecule has 19 heavy (non-hydrogen) atoms. The van der Waals surface area contributed by atoms with Crippen LogP contribution in [0, 0.1) is 5.82 Å². The van der Waals surface area contributed by atoms with E-state index in [0.29, 0.717) is 10.6 Å². The van der Waals surface area contributed by atoms with Crippen molar-refractivity contribution < 1.29 is 4.39 Å². The fourth-order valence-corrected chi connectivity index (χ4v) is 2.35. The largest absolute Gasteiger partial charge is 0.316 e. The fraction of sp³-hybridized carbons (Fsp3) is 0.0667. The maximum Gasteiger partial charge on any atom is 0.134 e. The first-order valence-electron chi connectivity index (χ1n) is 5.68. The lowest BCUT2D eigenvalue weighted by molar-refractivity contribution is 0.608. The molecule has 1 nitrogen and oxygen atoms in total. The van der Waals surface area contributed by atoms with Crippen molar-refractivity contribution >= 4 is 33.2 Å². The lowest BCUT2D eigenvalue weighted by Gasteiger charge is -2.27. The Morgan fingerprint density at radius 3 is 2.79 bits per heavy atom. The molecule has 1 aliphatic heterocycles. The van der Waals surface area contributed by atoms with Crippen LogP contribution in [0.2, 0.25) is 5.02 Å². The average Bonchev–Trinajstić information content (AvgIpc) is 2.36. The van der Waals surface area contributed by atoms with Gasteiger partial charge in [0.2, 0.25) is 0 Å². The van der Waals surface area contributed by atoms with E-state index in [9.17, 15) is 4.39 Å². The van der Waals surface area contributed by atoms with Gasteiger partial charge in [0, 0.05) is 27.0 Å². The number of nitrogens with zero attached hydrogens (tertiary/aromatic N) is 1. The van der Waals surface area contributed by atoms with Crippen LogP contribution >= 0.6 is 27.5 Å². The van der Waals surface area contributed by atoms with E-state index in [1.165, 1.54) is 6.07 Å². The average molecular weight is 341 g/mol. The second kappa shape index (κ2) is 5.76. The Bertz CT molecular complexity index is 617. The topological polar surface area (TPSA) is 3.24 Å². The van der Waals surface area contributed by atoms with Crippen LogP contribution in [0.3, 0.4) is 0 Å². The molecule has 1 aromatic rings. The number of hydrogen-bond acceptors (Lipinski definition) is 1. The number of halogens is 3. The zero-order chi connectivity index (χ0) is 14.0. The Hall–Kier alpha value is -1.32. The van der Waals surface area contributed by atoms with Crippen LogP contribution in [0.4, 0.5) is 4.39 Å². The molecule has 98 valence electrons. The van der Waals surface area contributed by atoms with Crippen LogP contribution in [-0.2, 0) is 0 Å². The minimum Gasteiger partial charge on any atom is -0.316 e. The molecule has 0 spiro atoms. The Balaban J connectivity index is 2.46. The summed E-state index contributed by atoms with van der Waals surface area (Å²) in [5.74, 6) is -0.354. The lowest BCUT2D eigenvalue weighted by Crippen LogP contribution is -2.16. The number of benzene rings is 1. The standard InChI is InChI=1S/C15H12BrClFN/c1-3-15(13-7-6-12(17)8-14(13)18)19-9-11(16)5-4-10(19)2/h3-9H,2H2,1H3/b15-3-. The van der Waals surface area contributed by atoms with Crippen molar-refractivity contribution in [3.8, 4) is 0 Å². The Morgan fingerprint density at radius 1 is 1.42 bits per heavy atom. The summed E-state index contributed by atoms with van der Waals surface area (Å²) >= 11 is 9.19. The lowest BCUT2D eigenvalue weighted by atomic mass is 10.1. The highest BCUT2D eigenvalue weighted by Crippen LogP contribution is 2.31. The van der Waals surface area contributed by atoms with Crippen molar-refractivity contribution in [3.63, 3.8) is 0 Å². The van der Waals surface area contributed by atoms with E-state index < -0.39 is 0 Å². The molecule has 0 atom stereocenters. The zero-order valence-corrected chi connectivity index (χ0v) is 12.7. The van der Waals surface area contributed by atoms with Crippen molar-refractivity contribution in [1.82, 2.24) is 4.90 Å². The summed E-state index contributed by atoms with van der Waals surface area (Å²) in [6.07, 6.45) is 7.45. The summed E-state index contributed by atoms with van der Waals surface area (Å²) < 4.78 is 14.9. The van der Waals surface area contributed by atoms with Gasteiger partial charge in [-0.15, -0.1) is 0 Å². The van der Waals surface area contributed by atoms with E-state index in [1.807, 2.05) is 36.3 Å². The minimum absolute atomic E-state index is 0.354. The highest BCUT2D eigenvalue weighted by Gasteiger charge is 2.17. The van der Waals surface area contributed by atoms with Gasteiger partial charge in [0.1, 0.15) is 5.82 Å². The molecule has 4 heteroatoms. The van der Waals surface area contributed by atoms with Crippen LogP contribution in [0.1, 0.15) is 12.5 Å². The molecule has 0 aromatic heterocycles. The van der Waals surface area contributed by atoms with Crippen LogP contribution in [0.5, 0.6) is 0 Å². The van der Waals surface area contributed by atoms with Crippen LogP contribution in [0.15, 0.2) is 59.4 Å². The molecule has 1 aromatic carbocycles. The molecule has 0 amide bonds.